The van der Waals surface area contributed by atoms with Gasteiger partial charge in [-0.1, -0.05) is 30.3 Å². The van der Waals surface area contributed by atoms with Gasteiger partial charge in [0.1, 0.15) is 35.0 Å². The van der Waals surface area contributed by atoms with Crippen LogP contribution in [-0.4, -0.2) is 38.8 Å². The molecule has 0 spiro atoms. The molecule has 3 aromatic carbocycles. The molecule has 0 unspecified atom stereocenters. The summed E-state index contributed by atoms with van der Waals surface area (Å²) in [5.74, 6) is -6.18. The standard InChI is InChI=1S/C28H24F4N2O4/c1-2-36-28(35)21-18-14-17(8-9-20(18)38-27(21)16-6-4-3-5-7-16)37-15-19-22(29)24(31)26(25(32)23(19)30)34-12-10-33-11-13-34/h3-9,14,33H,2,10-13,15H2,1H3. The molecule has 1 aromatic heterocycles. The molecule has 1 saturated heterocycles. The van der Waals surface area contributed by atoms with Gasteiger partial charge >= 0.3 is 5.97 Å². The summed E-state index contributed by atoms with van der Waals surface area (Å²) in [6, 6.07) is 13.4. The van der Waals surface area contributed by atoms with E-state index in [1.807, 2.05) is 6.07 Å². The minimum atomic E-state index is -1.51. The topological polar surface area (TPSA) is 63.9 Å². The fourth-order valence-corrected chi connectivity index (χ4v) is 4.48. The molecule has 0 aliphatic carbocycles. The maximum Gasteiger partial charge on any atom is 0.342 e. The maximum absolute atomic E-state index is 14.9. The van der Waals surface area contributed by atoms with E-state index in [1.165, 1.54) is 23.1 Å². The van der Waals surface area contributed by atoms with Crippen LogP contribution in [0, 0.1) is 23.3 Å². The largest absolute Gasteiger partial charge is 0.489 e. The Bertz CT molecular complexity index is 1450. The van der Waals surface area contributed by atoms with Crippen molar-refractivity contribution >= 4 is 22.6 Å². The number of nitrogens with one attached hydrogen (secondary N) is 1. The minimum absolute atomic E-state index is 0.106. The number of rotatable bonds is 7. The second-order valence-electron chi connectivity index (χ2n) is 8.66. The van der Waals surface area contributed by atoms with Crippen molar-refractivity contribution in [3.8, 4) is 17.1 Å². The lowest BCUT2D eigenvalue weighted by molar-refractivity contribution is 0.0528. The Labute approximate surface area is 215 Å². The lowest BCUT2D eigenvalue weighted by Gasteiger charge is -2.30. The first-order valence-corrected chi connectivity index (χ1v) is 12.1. The number of carbonyl (C=O) groups is 1. The number of esters is 1. The van der Waals surface area contributed by atoms with Crippen LogP contribution in [-0.2, 0) is 11.3 Å². The molecule has 0 radical (unpaired) electrons. The van der Waals surface area contributed by atoms with Gasteiger partial charge in [0.05, 0.1) is 12.2 Å². The highest BCUT2D eigenvalue weighted by Crippen LogP contribution is 2.37. The van der Waals surface area contributed by atoms with Crippen LogP contribution in [0.1, 0.15) is 22.8 Å². The third-order valence-corrected chi connectivity index (χ3v) is 6.32. The van der Waals surface area contributed by atoms with Gasteiger partial charge in [0, 0.05) is 37.1 Å². The van der Waals surface area contributed by atoms with Crippen molar-refractivity contribution in [2.45, 2.75) is 13.5 Å². The third kappa shape index (κ3) is 4.67. The van der Waals surface area contributed by atoms with Crippen LogP contribution in [0.5, 0.6) is 5.75 Å². The SMILES string of the molecule is CCOC(=O)c1c(-c2ccccc2)oc2ccc(OCc3c(F)c(F)c(N4CCNCC4)c(F)c3F)cc12. The normalized spacial score (nSPS) is 13.7. The maximum atomic E-state index is 14.9. The van der Waals surface area contributed by atoms with Gasteiger partial charge in [-0.05, 0) is 25.1 Å². The van der Waals surface area contributed by atoms with E-state index in [2.05, 4.69) is 5.32 Å². The smallest absolute Gasteiger partial charge is 0.342 e. The molecule has 1 aliphatic heterocycles. The van der Waals surface area contributed by atoms with Crippen molar-refractivity contribution in [1.29, 1.82) is 0 Å². The number of hydrogen-bond donors (Lipinski definition) is 1. The molecule has 1 aliphatic rings. The molecule has 5 rings (SSSR count). The van der Waals surface area contributed by atoms with Crippen molar-refractivity contribution in [2.75, 3.05) is 37.7 Å². The van der Waals surface area contributed by atoms with Crippen molar-refractivity contribution < 1.29 is 36.2 Å². The Balaban J connectivity index is 1.48. The van der Waals surface area contributed by atoms with Crippen molar-refractivity contribution in [3.63, 3.8) is 0 Å². The predicted molar refractivity (Wildman–Crippen MR) is 133 cm³/mol. The molecular weight excluding hydrogens is 504 g/mol. The van der Waals surface area contributed by atoms with Crippen molar-refractivity contribution in [2.24, 2.45) is 0 Å². The lowest BCUT2D eigenvalue weighted by atomic mass is 10.1. The molecule has 38 heavy (non-hydrogen) atoms. The Morgan fingerprint density at radius 2 is 1.66 bits per heavy atom. The third-order valence-electron chi connectivity index (χ3n) is 6.32. The number of anilines is 1. The van der Waals surface area contributed by atoms with E-state index < -0.39 is 47.1 Å². The zero-order valence-electron chi connectivity index (χ0n) is 20.5. The van der Waals surface area contributed by atoms with Crippen LogP contribution in [0.3, 0.4) is 0 Å². The summed E-state index contributed by atoms with van der Waals surface area (Å²) in [5.41, 5.74) is -0.435. The molecule has 1 fully saturated rings. The number of fused-ring (bicyclic) bond motifs is 1. The summed E-state index contributed by atoms with van der Waals surface area (Å²) in [4.78, 5) is 14.1. The highest BCUT2D eigenvalue weighted by atomic mass is 19.2. The number of furan rings is 1. The van der Waals surface area contributed by atoms with Crippen LogP contribution in [0.25, 0.3) is 22.3 Å². The van der Waals surface area contributed by atoms with Gasteiger partial charge in [-0.15, -0.1) is 0 Å². The monoisotopic (exact) mass is 528 g/mol. The highest BCUT2D eigenvalue weighted by molar-refractivity contribution is 6.09. The van der Waals surface area contributed by atoms with Crippen LogP contribution in [0.4, 0.5) is 23.2 Å². The Morgan fingerprint density at radius 1 is 0.974 bits per heavy atom. The molecule has 6 nitrogen and oxygen atoms in total. The van der Waals surface area contributed by atoms with Gasteiger partial charge in [-0.3, -0.25) is 0 Å². The summed E-state index contributed by atoms with van der Waals surface area (Å²) in [5, 5.41) is 3.37. The summed E-state index contributed by atoms with van der Waals surface area (Å²) >= 11 is 0. The fraction of sp³-hybridized carbons (Fsp3) is 0.250. The second-order valence-corrected chi connectivity index (χ2v) is 8.66. The van der Waals surface area contributed by atoms with E-state index in [-0.39, 0.29) is 31.0 Å². The molecule has 0 bridgehead atoms. The molecule has 1 N–H and O–H groups in total. The number of benzene rings is 3. The predicted octanol–water partition coefficient (Wildman–Crippen LogP) is 5.82. The summed E-state index contributed by atoms with van der Waals surface area (Å²) in [6.07, 6.45) is 0. The first-order valence-electron chi connectivity index (χ1n) is 12.1. The molecule has 4 aromatic rings. The zero-order chi connectivity index (χ0) is 26.8. The average Bonchev–Trinajstić information content (AvgIpc) is 3.32. The summed E-state index contributed by atoms with van der Waals surface area (Å²) in [7, 11) is 0. The summed E-state index contributed by atoms with van der Waals surface area (Å²) < 4.78 is 76.1. The van der Waals surface area contributed by atoms with Crippen LogP contribution in [0.2, 0.25) is 0 Å². The molecule has 198 valence electrons. The van der Waals surface area contributed by atoms with E-state index in [0.717, 1.165) is 0 Å². The van der Waals surface area contributed by atoms with E-state index in [4.69, 9.17) is 13.9 Å². The zero-order valence-corrected chi connectivity index (χ0v) is 20.5. The molecule has 0 saturated carbocycles. The minimum Gasteiger partial charge on any atom is -0.489 e. The number of piperazine rings is 1. The van der Waals surface area contributed by atoms with E-state index in [9.17, 15) is 22.4 Å². The van der Waals surface area contributed by atoms with Gasteiger partial charge in [0.15, 0.2) is 23.3 Å². The average molecular weight is 529 g/mol. The molecule has 10 heteroatoms. The summed E-state index contributed by atoms with van der Waals surface area (Å²) in [6.45, 7) is 2.31. The van der Waals surface area contributed by atoms with E-state index in [1.54, 1.807) is 31.2 Å². The van der Waals surface area contributed by atoms with E-state index in [0.29, 0.717) is 35.4 Å². The van der Waals surface area contributed by atoms with Crippen molar-refractivity contribution in [1.82, 2.24) is 5.32 Å². The molecule has 2 heterocycles. The number of hydrogen-bond acceptors (Lipinski definition) is 6. The van der Waals surface area contributed by atoms with Crippen molar-refractivity contribution in [3.05, 3.63) is 82.9 Å². The fourth-order valence-electron chi connectivity index (χ4n) is 4.48. The number of nitrogens with zero attached hydrogens (tertiary/aromatic N) is 1. The Hall–Kier alpha value is -4.05. The van der Waals surface area contributed by atoms with Crippen LogP contribution >= 0.6 is 0 Å². The van der Waals surface area contributed by atoms with Gasteiger partial charge in [-0.2, -0.15) is 0 Å². The van der Waals surface area contributed by atoms with Gasteiger partial charge in [0.25, 0.3) is 0 Å². The first kappa shape index (κ1) is 25.6. The lowest BCUT2D eigenvalue weighted by Crippen LogP contribution is -2.44. The van der Waals surface area contributed by atoms with Gasteiger partial charge in [-0.25, -0.2) is 22.4 Å². The Morgan fingerprint density at radius 3 is 2.32 bits per heavy atom. The van der Waals surface area contributed by atoms with Crippen LogP contribution < -0.4 is 15.0 Å². The molecule has 0 atom stereocenters. The number of ether oxygens (including phenoxy) is 2. The molecular formula is C28H24F4N2O4. The highest BCUT2D eigenvalue weighted by Gasteiger charge is 2.30. The first-order chi connectivity index (χ1) is 18.4. The Kier molecular flexibility index (Phi) is 7.24. The van der Waals surface area contributed by atoms with Crippen LogP contribution in [0.15, 0.2) is 52.9 Å². The van der Waals surface area contributed by atoms with E-state index >= 15 is 0 Å². The number of halogens is 4. The number of carbonyl (C=O) groups excluding carboxylic acids is 1. The molecule has 0 amide bonds. The van der Waals surface area contributed by atoms with Gasteiger partial charge in [0.2, 0.25) is 0 Å². The quantitative estimate of drug-likeness (QED) is 0.185. The second kappa shape index (κ2) is 10.7. The van der Waals surface area contributed by atoms with Gasteiger partial charge < -0.3 is 24.1 Å².